The number of benzene rings is 2. The first kappa shape index (κ1) is 15.9. The van der Waals surface area contributed by atoms with Crippen LogP contribution in [0.4, 0.5) is 17.6 Å². The molecule has 0 saturated carbocycles. The van der Waals surface area contributed by atoms with Gasteiger partial charge in [0.05, 0.1) is 5.56 Å². The Morgan fingerprint density at radius 1 is 1.04 bits per heavy atom. The fourth-order valence-corrected chi connectivity index (χ4v) is 2.12. The van der Waals surface area contributed by atoms with Crippen LogP contribution in [-0.4, -0.2) is 11.9 Å². The van der Waals surface area contributed by atoms with Crippen LogP contribution in [0.15, 0.2) is 59.2 Å². The van der Waals surface area contributed by atoms with Gasteiger partial charge >= 0.3 is 12.1 Å². The van der Waals surface area contributed by atoms with Crippen LogP contribution in [0.5, 0.6) is 0 Å². The molecule has 3 rings (SSSR count). The van der Waals surface area contributed by atoms with Gasteiger partial charge in [-0.05, 0) is 35.9 Å². The zero-order valence-corrected chi connectivity index (χ0v) is 12.0. The monoisotopic (exact) mass is 335 g/mol. The van der Waals surface area contributed by atoms with Crippen molar-refractivity contribution in [3.8, 4) is 0 Å². The lowest BCUT2D eigenvalue weighted by Gasteiger charge is -2.08. The van der Waals surface area contributed by atoms with Gasteiger partial charge in [-0.2, -0.15) is 13.2 Å². The number of halogens is 4. The molecular weight excluding hydrogens is 326 g/mol. The summed E-state index contributed by atoms with van der Waals surface area (Å²) in [6.45, 7) is 0. The molecule has 2 aromatic rings. The highest BCUT2D eigenvalue weighted by Crippen LogP contribution is 2.32. The van der Waals surface area contributed by atoms with Gasteiger partial charge < -0.3 is 4.74 Å². The maximum absolute atomic E-state index is 13.3. The summed E-state index contributed by atoms with van der Waals surface area (Å²) in [7, 11) is 0. The predicted molar refractivity (Wildman–Crippen MR) is 78.5 cm³/mol. The second kappa shape index (κ2) is 5.92. The Kier molecular flexibility index (Phi) is 3.92. The van der Waals surface area contributed by atoms with Crippen molar-refractivity contribution in [3.05, 3.63) is 76.7 Å². The van der Waals surface area contributed by atoms with E-state index in [2.05, 4.69) is 4.99 Å². The molecule has 0 amide bonds. The van der Waals surface area contributed by atoms with Crippen LogP contribution in [0.3, 0.4) is 0 Å². The zero-order valence-electron chi connectivity index (χ0n) is 12.0. The smallest absolute Gasteiger partial charge is 0.402 e. The second-order valence-corrected chi connectivity index (χ2v) is 4.94. The summed E-state index contributed by atoms with van der Waals surface area (Å²) in [5, 5.41) is 0. The number of carbonyl (C=O) groups is 1. The van der Waals surface area contributed by atoms with Crippen LogP contribution in [0.25, 0.3) is 6.08 Å². The number of nitrogens with zero attached hydrogens (tertiary/aromatic N) is 1. The molecule has 1 heterocycles. The van der Waals surface area contributed by atoms with Gasteiger partial charge in [0.1, 0.15) is 5.82 Å². The third-order valence-corrected chi connectivity index (χ3v) is 3.24. The lowest BCUT2D eigenvalue weighted by molar-refractivity contribution is -0.140. The summed E-state index contributed by atoms with van der Waals surface area (Å²) < 4.78 is 56.4. The summed E-state index contributed by atoms with van der Waals surface area (Å²) >= 11 is 0. The molecule has 1 aliphatic rings. The third-order valence-electron chi connectivity index (χ3n) is 3.24. The molecule has 0 fully saturated rings. The highest BCUT2D eigenvalue weighted by molar-refractivity contribution is 6.12. The molecule has 0 saturated heterocycles. The molecule has 0 aliphatic carbocycles. The molecule has 1 aliphatic heterocycles. The summed E-state index contributed by atoms with van der Waals surface area (Å²) in [6.07, 6.45) is -3.71. The molecule has 3 nitrogen and oxygen atoms in total. The van der Waals surface area contributed by atoms with Crippen molar-refractivity contribution in [1.82, 2.24) is 0 Å². The van der Waals surface area contributed by atoms with Crippen LogP contribution in [0, 0.1) is 5.82 Å². The van der Waals surface area contributed by atoms with Gasteiger partial charge in [-0.15, -0.1) is 0 Å². The van der Waals surface area contributed by atoms with Gasteiger partial charge in [-0.3, -0.25) is 0 Å². The Balaban J connectivity index is 1.97. The maximum Gasteiger partial charge on any atom is 0.419 e. The van der Waals surface area contributed by atoms with E-state index in [1.165, 1.54) is 0 Å². The van der Waals surface area contributed by atoms with E-state index in [1.54, 1.807) is 30.3 Å². The summed E-state index contributed by atoms with van der Waals surface area (Å²) in [4.78, 5) is 15.8. The van der Waals surface area contributed by atoms with Crippen molar-refractivity contribution < 1.29 is 27.1 Å². The molecular formula is C17H9F4NO2. The van der Waals surface area contributed by atoms with E-state index in [-0.39, 0.29) is 17.2 Å². The standard InChI is InChI=1S/C17H9F4NO2/c18-13-7-6-10(8-12(13)17(19,20)21)9-14-16(23)24-15(22-14)11-4-2-1-3-5-11/h1-9H/b14-9-. The van der Waals surface area contributed by atoms with E-state index in [0.29, 0.717) is 17.7 Å². The van der Waals surface area contributed by atoms with E-state index in [9.17, 15) is 22.4 Å². The van der Waals surface area contributed by atoms with Crippen molar-refractivity contribution in [3.63, 3.8) is 0 Å². The molecule has 7 heteroatoms. The molecule has 0 spiro atoms. The van der Waals surface area contributed by atoms with Crippen molar-refractivity contribution in [2.24, 2.45) is 4.99 Å². The normalized spacial score (nSPS) is 16.2. The minimum absolute atomic E-state index is 0.00580. The molecule has 0 N–H and O–H groups in total. The van der Waals surface area contributed by atoms with Crippen LogP contribution >= 0.6 is 0 Å². The number of carbonyl (C=O) groups excluding carboxylic acids is 1. The lowest BCUT2D eigenvalue weighted by Crippen LogP contribution is -2.08. The molecule has 122 valence electrons. The molecule has 0 radical (unpaired) electrons. The van der Waals surface area contributed by atoms with Crippen molar-refractivity contribution in [2.75, 3.05) is 0 Å². The number of esters is 1. The number of rotatable bonds is 2. The number of cyclic esters (lactones) is 1. The Morgan fingerprint density at radius 2 is 1.75 bits per heavy atom. The molecule has 0 unspecified atom stereocenters. The van der Waals surface area contributed by atoms with E-state index >= 15 is 0 Å². The van der Waals surface area contributed by atoms with Gasteiger partial charge in [0.2, 0.25) is 5.90 Å². The molecule has 0 aromatic heterocycles. The van der Waals surface area contributed by atoms with Crippen LogP contribution in [-0.2, 0) is 15.7 Å². The summed E-state index contributed by atoms with van der Waals surface area (Å²) in [5.41, 5.74) is -1.01. The summed E-state index contributed by atoms with van der Waals surface area (Å²) in [6, 6.07) is 11.0. The van der Waals surface area contributed by atoms with Gasteiger partial charge in [-0.1, -0.05) is 24.3 Å². The van der Waals surface area contributed by atoms with E-state index in [1.807, 2.05) is 0 Å². The van der Waals surface area contributed by atoms with Crippen molar-refractivity contribution in [1.29, 1.82) is 0 Å². The Morgan fingerprint density at radius 3 is 2.42 bits per heavy atom. The maximum atomic E-state index is 13.3. The van der Waals surface area contributed by atoms with Gasteiger partial charge in [0, 0.05) is 5.56 Å². The topological polar surface area (TPSA) is 38.7 Å². The first-order chi connectivity index (χ1) is 11.3. The fraction of sp³-hybridized carbons (Fsp3) is 0.0588. The summed E-state index contributed by atoms with van der Waals surface area (Å²) in [5.74, 6) is -2.11. The van der Waals surface area contributed by atoms with E-state index < -0.39 is 23.5 Å². The average molecular weight is 335 g/mol. The molecule has 2 aromatic carbocycles. The lowest BCUT2D eigenvalue weighted by atomic mass is 10.1. The van der Waals surface area contributed by atoms with Gasteiger partial charge in [0.15, 0.2) is 5.70 Å². The van der Waals surface area contributed by atoms with Crippen molar-refractivity contribution in [2.45, 2.75) is 6.18 Å². The number of hydrogen-bond donors (Lipinski definition) is 0. The highest BCUT2D eigenvalue weighted by Gasteiger charge is 2.34. The van der Waals surface area contributed by atoms with E-state index in [4.69, 9.17) is 4.74 Å². The Labute approximate surface area is 133 Å². The number of aliphatic imine (C=N–C) groups is 1. The number of alkyl halides is 3. The average Bonchev–Trinajstić information content (AvgIpc) is 2.90. The van der Waals surface area contributed by atoms with Crippen molar-refractivity contribution >= 4 is 17.9 Å². The Hall–Kier alpha value is -2.96. The first-order valence-corrected chi connectivity index (χ1v) is 6.79. The Bertz CT molecular complexity index is 855. The second-order valence-electron chi connectivity index (χ2n) is 4.94. The third kappa shape index (κ3) is 3.19. The first-order valence-electron chi connectivity index (χ1n) is 6.79. The van der Waals surface area contributed by atoms with Gasteiger partial charge in [-0.25, -0.2) is 14.2 Å². The van der Waals surface area contributed by atoms with Crippen LogP contribution in [0.2, 0.25) is 0 Å². The zero-order chi connectivity index (χ0) is 17.3. The number of hydrogen-bond acceptors (Lipinski definition) is 3. The highest BCUT2D eigenvalue weighted by atomic mass is 19.4. The quantitative estimate of drug-likeness (QED) is 0.469. The van der Waals surface area contributed by atoms with E-state index in [0.717, 1.165) is 12.1 Å². The predicted octanol–water partition coefficient (Wildman–Crippen LogP) is 4.19. The van der Waals surface area contributed by atoms with Crippen LogP contribution < -0.4 is 0 Å². The number of ether oxygens (including phenoxy) is 1. The minimum atomic E-state index is -4.83. The van der Waals surface area contributed by atoms with Gasteiger partial charge in [0.25, 0.3) is 0 Å². The fourth-order valence-electron chi connectivity index (χ4n) is 2.12. The largest absolute Gasteiger partial charge is 0.419 e. The minimum Gasteiger partial charge on any atom is -0.402 e. The molecule has 0 bridgehead atoms. The SMILES string of the molecule is O=C1OC(c2ccccc2)=N/C1=C\c1ccc(F)c(C(F)(F)F)c1. The molecule has 24 heavy (non-hydrogen) atoms. The van der Waals surface area contributed by atoms with Crippen LogP contribution in [0.1, 0.15) is 16.7 Å². The molecule has 0 atom stereocenters.